The van der Waals surface area contributed by atoms with E-state index < -0.39 is 0 Å². The number of benzene rings is 1. The van der Waals surface area contributed by atoms with Gasteiger partial charge in [-0.25, -0.2) is 0 Å². The molecule has 94 valence electrons. The Bertz CT molecular complexity index is 350. The van der Waals surface area contributed by atoms with Crippen LogP contribution in [0.4, 0.5) is 0 Å². The zero-order valence-electron chi connectivity index (χ0n) is 10.4. The van der Waals surface area contributed by atoms with Crippen molar-refractivity contribution in [2.24, 2.45) is 5.73 Å². The average Bonchev–Trinajstić information content (AvgIpc) is 2.39. The molecule has 1 atom stereocenters. The molecule has 2 rings (SSSR count). The van der Waals surface area contributed by atoms with Crippen LogP contribution in [0, 0.1) is 0 Å². The van der Waals surface area contributed by atoms with Gasteiger partial charge in [0, 0.05) is 0 Å². The summed E-state index contributed by atoms with van der Waals surface area (Å²) < 4.78 is 6.04. The molecule has 0 amide bonds. The van der Waals surface area contributed by atoms with Crippen molar-refractivity contribution in [3.63, 3.8) is 0 Å². The first-order valence-corrected chi connectivity index (χ1v) is 7.49. The molecule has 0 saturated carbocycles. The zero-order chi connectivity index (χ0) is 12.1. The molecule has 1 aliphatic rings. The van der Waals surface area contributed by atoms with E-state index in [4.69, 9.17) is 10.5 Å². The molecule has 2 N–H and O–H groups in total. The molecule has 1 saturated heterocycles. The molecular weight excluding hydrogens is 230 g/mol. The molecule has 0 bridgehead atoms. The van der Waals surface area contributed by atoms with Gasteiger partial charge < -0.3 is 10.5 Å². The van der Waals surface area contributed by atoms with E-state index in [1.54, 1.807) is 0 Å². The Kier molecular flexibility index (Phi) is 4.75. The fourth-order valence-corrected chi connectivity index (χ4v) is 3.08. The minimum atomic E-state index is 0.402. The van der Waals surface area contributed by atoms with E-state index in [0.717, 1.165) is 5.75 Å². The highest BCUT2D eigenvalue weighted by Crippen LogP contribution is 2.25. The van der Waals surface area contributed by atoms with Gasteiger partial charge in [0.15, 0.2) is 0 Å². The lowest BCUT2D eigenvalue weighted by molar-refractivity contribution is 0.192. The van der Waals surface area contributed by atoms with Crippen molar-refractivity contribution in [3.05, 3.63) is 29.8 Å². The van der Waals surface area contributed by atoms with Crippen LogP contribution in [-0.4, -0.2) is 24.2 Å². The number of hydrogen-bond donors (Lipinski definition) is 1. The predicted octanol–water partition coefficient (Wildman–Crippen LogP) is 3.02. The summed E-state index contributed by atoms with van der Waals surface area (Å²) in [7, 11) is 0. The standard InChI is InChI=1S/C14H21NOS/c1-11(10-15)12-3-2-4-14(9-12)16-13-5-7-17-8-6-13/h2-4,9,11,13H,5-8,10,15H2,1H3. The van der Waals surface area contributed by atoms with Gasteiger partial charge in [0.1, 0.15) is 11.9 Å². The van der Waals surface area contributed by atoms with Crippen molar-refractivity contribution in [1.82, 2.24) is 0 Å². The number of rotatable bonds is 4. The van der Waals surface area contributed by atoms with Gasteiger partial charge in [0.2, 0.25) is 0 Å². The van der Waals surface area contributed by atoms with Crippen LogP contribution in [0.3, 0.4) is 0 Å². The molecule has 0 spiro atoms. The SMILES string of the molecule is CC(CN)c1cccc(OC2CCSCC2)c1. The Hall–Kier alpha value is -0.670. The van der Waals surface area contributed by atoms with Gasteiger partial charge >= 0.3 is 0 Å². The lowest BCUT2D eigenvalue weighted by Crippen LogP contribution is -2.22. The van der Waals surface area contributed by atoms with E-state index in [1.165, 1.54) is 29.9 Å². The van der Waals surface area contributed by atoms with Gasteiger partial charge in [-0.05, 0) is 54.5 Å². The topological polar surface area (TPSA) is 35.2 Å². The minimum Gasteiger partial charge on any atom is -0.490 e. The summed E-state index contributed by atoms with van der Waals surface area (Å²) in [5.74, 6) is 3.85. The van der Waals surface area contributed by atoms with Gasteiger partial charge in [0.25, 0.3) is 0 Å². The van der Waals surface area contributed by atoms with E-state index in [-0.39, 0.29) is 0 Å². The van der Waals surface area contributed by atoms with Crippen molar-refractivity contribution in [2.75, 3.05) is 18.1 Å². The van der Waals surface area contributed by atoms with Gasteiger partial charge in [-0.3, -0.25) is 0 Å². The molecule has 1 unspecified atom stereocenters. The third-order valence-corrected chi connectivity index (χ3v) is 4.30. The highest BCUT2D eigenvalue weighted by molar-refractivity contribution is 7.99. The quantitative estimate of drug-likeness (QED) is 0.893. The number of thioether (sulfide) groups is 1. The number of nitrogens with two attached hydrogens (primary N) is 1. The van der Waals surface area contributed by atoms with E-state index in [0.29, 0.717) is 18.6 Å². The first kappa shape index (κ1) is 12.8. The summed E-state index contributed by atoms with van der Waals surface area (Å²) in [5.41, 5.74) is 6.97. The van der Waals surface area contributed by atoms with Crippen LogP contribution in [0.2, 0.25) is 0 Å². The second-order valence-corrected chi connectivity index (χ2v) is 5.86. The molecule has 0 aliphatic carbocycles. The van der Waals surface area contributed by atoms with Crippen LogP contribution in [0.5, 0.6) is 5.75 Å². The maximum absolute atomic E-state index is 6.04. The van der Waals surface area contributed by atoms with Crippen LogP contribution >= 0.6 is 11.8 Å². The Morgan fingerprint density at radius 3 is 2.88 bits per heavy atom. The summed E-state index contributed by atoms with van der Waals surface area (Å²) in [6, 6.07) is 8.38. The molecule has 1 fully saturated rings. The highest BCUT2D eigenvalue weighted by atomic mass is 32.2. The molecule has 0 aromatic heterocycles. The summed E-state index contributed by atoms with van der Waals surface area (Å²) >= 11 is 2.02. The predicted molar refractivity (Wildman–Crippen MR) is 74.9 cm³/mol. The fourth-order valence-electron chi connectivity index (χ4n) is 2.02. The van der Waals surface area contributed by atoms with Crippen LogP contribution in [0.1, 0.15) is 31.2 Å². The van der Waals surface area contributed by atoms with Crippen molar-refractivity contribution in [2.45, 2.75) is 31.8 Å². The lowest BCUT2D eigenvalue weighted by atomic mass is 10.0. The van der Waals surface area contributed by atoms with Crippen LogP contribution in [-0.2, 0) is 0 Å². The normalized spacial score (nSPS) is 18.9. The molecule has 1 aromatic carbocycles. The summed E-state index contributed by atoms with van der Waals surface area (Å²) in [6.45, 7) is 2.83. The first-order chi connectivity index (χ1) is 8.29. The molecular formula is C14H21NOS. The smallest absolute Gasteiger partial charge is 0.120 e. The molecule has 17 heavy (non-hydrogen) atoms. The molecule has 1 heterocycles. The Balaban J connectivity index is 2.00. The van der Waals surface area contributed by atoms with E-state index in [2.05, 4.69) is 31.2 Å². The lowest BCUT2D eigenvalue weighted by Gasteiger charge is -2.23. The Labute approximate surface area is 108 Å². The molecule has 1 aromatic rings. The van der Waals surface area contributed by atoms with Gasteiger partial charge in [-0.1, -0.05) is 19.1 Å². The van der Waals surface area contributed by atoms with E-state index >= 15 is 0 Å². The van der Waals surface area contributed by atoms with E-state index in [9.17, 15) is 0 Å². The number of ether oxygens (including phenoxy) is 1. The largest absolute Gasteiger partial charge is 0.490 e. The average molecular weight is 251 g/mol. The van der Waals surface area contributed by atoms with Crippen LogP contribution in [0.25, 0.3) is 0 Å². The van der Waals surface area contributed by atoms with Crippen LogP contribution < -0.4 is 10.5 Å². The maximum atomic E-state index is 6.04. The van der Waals surface area contributed by atoms with Crippen molar-refractivity contribution < 1.29 is 4.74 Å². The first-order valence-electron chi connectivity index (χ1n) is 6.34. The molecule has 0 radical (unpaired) electrons. The van der Waals surface area contributed by atoms with Gasteiger partial charge in [-0.15, -0.1) is 0 Å². The summed E-state index contributed by atoms with van der Waals surface area (Å²) in [4.78, 5) is 0. The second kappa shape index (κ2) is 6.31. The summed E-state index contributed by atoms with van der Waals surface area (Å²) in [6.07, 6.45) is 2.74. The van der Waals surface area contributed by atoms with Crippen molar-refractivity contribution >= 4 is 11.8 Å². The third kappa shape index (κ3) is 3.65. The molecule has 2 nitrogen and oxygen atoms in total. The maximum Gasteiger partial charge on any atom is 0.120 e. The minimum absolute atomic E-state index is 0.402. The van der Waals surface area contributed by atoms with Gasteiger partial charge in [-0.2, -0.15) is 11.8 Å². The highest BCUT2D eigenvalue weighted by Gasteiger charge is 2.15. The van der Waals surface area contributed by atoms with E-state index in [1.807, 2.05) is 11.8 Å². The Morgan fingerprint density at radius 2 is 2.18 bits per heavy atom. The second-order valence-electron chi connectivity index (χ2n) is 4.64. The molecule has 3 heteroatoms. The zero-order valence-corrected chi connectivity index (χ0v) is 11.2. The Morgan fingerprint density at radius 1 is 1.41 bits per heavy atom. The summed E-state index contributed by atoms with van der Waals surface area (Å²) in [5, 5.41) is 0. The van der Waals surface area contributed by atoms with Crippen molar-refractivity contribution in [1.29, 1.82) is 0 Å². The third-order valence-electron chi connectivity index (χ3n) is 3.25. The van der Waals surface area contributed by atoms with Crippen molar-refractivity contribution in [3.8, 4) is 5.75 Å². The van der Waals surface area contributed by atoms with Gasteiger partial charge in [0.05, 0.1) is 0 Å². The molecule has 1 aliphatic heterocycles. The van der Waals surface area contributed by atoms with Crippen LogP contribution in [0.15, 0.2) is 24.3 Å². The fraction of sp³-hybridized carbons (Fsp3) is 0.571. The number of hydrogen-bond acceptors (Lipinski definition) is 3. The monoisotopic (exact) mass is 251 g/mol.